The second-order valence-corrected chi connectivity index (χ2v) is 6.75. The Labute approximate surface area is 149 Å². The maximum atomic E-state index is 14.0. The van der Waals surface area contributed by atoms with Gasteiger partial charge >= 0.3 is 0 Å². The molecule has 0 bridgehead atoms. The van der Waals surface area contributed by atoms with Crippen LogP contribution in [0.5, 0.6) is 0 Å². The van der Waals surface area contributed by atoms with Crippen molar-refractivity contribution in [3.8, 4) is 0 Å². The number of nitrogens with zero attached hydrogens (tertiary/aromatic N) is 6. The van der Waals surface area contributed by atoms with Gasteiger partial charge in [-0.3, -0.25) is 14.6 Å². The SMILES string of the molecule is Cc1cnc(C(=O)N2CCN(C3=NC(=O)C(F)C(C4CC4)=N3)CC2)cn1. The van der Waals surface area contributed by atoms with Crippen molar-refractivity contribution in [1.29, 1.82) is 0 Å². The summed E-state index contributed by atoms with van der Waals surface area (Å²) in [4.78, 5) is 44.1. The Bertz CT molecular complexity index is 794. The van der Waals surface area contributed by atoms with Crippen LogP contribution in [0.2, 0.25) is 0 Å². The average molecular weight is 358 g/mol. The Kier molecular flexibility index (Phi) is 4.21. The minimum absolute atomic E-state index is 0.0717. The van der Waals surface area contributed by atoms with E-state index in [1.165, 1.54) is 6.20 Å². The summed E-state index contributed by atoms with van der Waals surface area (Å²) in [5.41, 5.74) is 1.37. The van der Waals surface area contributed by atoms with E-state index in [2.05, 4.69) is 20.0 Å². The van der Waals surface area contributed by atoms with Crippen LogP contribution in [-0.2, 0) is 4.79 Å². The molecule has 1 aromatic rings. The molecule has 1 aliphatic carbocycles. The number of carbonyl (C=O) groups excluding carboxylic acids is 2. The van der Waals surface area contributed by atoms with Crippen LogP contribution in [0.15, 0.2) is 22.4 Å². The van der Waals surface area contributed by atoms with Gasteiger partial charge in [0.1, 0.15) is 5.69 Å². The minimum atomic E-state index is -1.70. The lowest BCUT2D eigenvalue weighted by molar-refractivity contribution is -0.120. The van der Waals surface area contributed by atoms with E-state index in [0.717, 1.165) is 18.5 Å². The molecule has 0 N–H and O–H groups in total. The number of alkyl halides is 1. The molecular weight excluding hydrogens is 339 g/mol. The van der Waals surface area contributed by atoms with Crippen molar-refractivity contribution < 1.29 is 14.0 Å². The molecule has 0 spiro atoms. The Morgan fingerprint density at radius 2 is 1.85 bits per heavy atom. The largest absolute Gasteiger partial charge is 0.337 e. The van der Waals surface area contributed by atoms with E-state index in [4.69, 9.17) is 0 Å². The first-order chi connectivity index (χ1) is 12.5. The van der Waals surface area contributed by atoms with Crippen LogP contribution in [0.4, 0.5) is 4.39 Å². The van der Waals surface area contributed by atoms with Gasteiger partial charge in [0.05, 0.1) is 17.6 Å². The van der Waals surface area contributed by atoms with Crippen molar-refractivity contribution >= 4 is 23.5 Å². The standard InChI is InChI=1S/C17H19FN6O2/c1-10-8-20-12(9-19-10)16(26)23-4-6-24(7-5-23)17-21-14(11-2-3-11)13(18)15(25)22-17/h8-9,11,13H,2-7H2,1H3. The van der Waals surface area contributed by atoms with Gasteiger partial charge < -0.3 is 9.80 Å². The molecule has 1 aromatic heterocycles. The van der Waals surface area contributed by atoms with Crippen molar-refractivity contribution in [2.45, 2.75) is 25.9 Å². The summed E-state index contributed by atoms with van der Waals surface area (Å²) < 4.78 is 14.0. The Hall–Kier alpha value is -2.71. The summed E-state index contributed by atoms with van der Waals surface area (Å²) in [6.07, 6.45) is 3.09. The molecule has 1 saturated heterocycles. The van der Waals surface area contributed by atoms with E-state index >= 15 is 0 Å². The molecule has 1 unspecified atom stereocenters. The molecule has 1 saturated carbocycles. The highest BCUT2D eigenvalue weighted by atomic mass is 19.1. The number of aryl methyl sites for hydroxylation is 1. The van der Waals surface area contributed by atoms with Crippen molar-refractivity contribution in [1.82, 2.24) is 19.8 Å². The lowest BCUT2D eigenvalue weighted by atomic mass is 10.1. The summed E-state index contributed by atoms with van der Waals surface area (Å²) in [5, 5.41) is 0. The third-order valence-corrected chi connectivity index (χ3v) is 4.76. The predicted octanol–water partition coefficient (Wildman–Crippen LogP) is 0.628. The quantitative estimate of drug-likeness (QED) is 0.773. The van der Waals surface area contributed by atoms with Crippen molar-refractivity contribution in [2.24, 2.45) is 15.9 Å². The highest BCUT2D eigenvalue weighted by molar-refractivity contribution is 6.18. The van der Waals surface area contributed by atoms with Crippen molar-refractivity contribution in [2.75, 3.05) is 26.2 Å². The van der Waals surface area contributed by atoms with Gasteiger partial charge in [-0.05, 0) is 19.8 Å². The highest BCUT2D eigenvalue weighted by Gasteiger charge is 2.40. The third kappa shape index (κ3) is 3.21. The zero-order valence-corrected chi connectivity index (χ0v) is 14.4. The summed E-state index contributed by atoms with van der Waals surface area (Å²) in [6, 6.07) is 0. The summed E-state index contributed by atoms with van der Waals surface area (Å²) in [7, 11) is 0. The van der Waals surface area contributed by atoms with Crippen LogP contribution in [0, 0.1) is 12.8 Å². The lowest BCUT2D eigenvalue weighted by Crippen LogP contribution is -2.51. The molecule has 4 rings (SSSR count). The van der Waals surface area contributed by atoms with Crippen molar-refractivity contribution in [3.05, 3.63) is 23.8 Å². The van der Waals surface area contributed by atoms with Gasteiger partial charge in [-0.15, -0.1) is 0 Å². The van der Waals surface area contributed by atoms with Crippen LogP contribution in [-0.4, -0.2) is 75.6 Å². The smallest absolute Gasteiger partial charge is 0.289 e. The monoisotopic (exact) mass is 358 g/mol. The fourth-order valence-electron chi connectivity index (χ4n) is 3.07. The summed E-state index contributed by atoms with van der Waals surface area (Å²) >= 11 is 0. The number of carbonyl (C=O) groups is 2. The highest BCUT2D eigenvalue weighted by Crippen LogP contribution is 2.34. The number of guanidine groups is 1. The van der Waals surface area contributed by atoms with Gasteiger partial charge in [-0.1, -0.05) is 0 Å². The molecule has 2 fully saturated rings. The number of aliphatic imine (C=N–C) groups is 2. The molecule has 26 heavy (non-hydrogen) atoms. The molecule has 1 atom stereocenters. The number of halogens is 1. The topological polar surface area (TPSA) is 91.1 Å². The number of amides is 2. The second-order valence-electron chi connectivity index (χ2n) is 6.75. The van der Waals surface area contributed by atoms with Gasteiger partial charge in [0.15, 0.2) is 0 Å². The second kappa shape index (κ2) is 6.54. The normalized spacial score (nSPS) is 23.6. The molecule has 136 valence electrons. The Morgan fingerprint density at radius 1 is 1.12 bits per heavy atom. The maximum Gasteiger partial charge on any atom is 0.289 e. The molecule has 3 aliphatic rings. The zero-order chi connectivity index (χ0) is 18.3. The maximum absolute atomic E-state index is 14.0. The fourth-order valence-corrected chi connectivity index (χ4v) is 3.07. The molecule has 3 heterocycles. The van der Waals surface area contributed by atoms with E-state index in [-0.39, 0.29) is 17.8 Å². The predicted molar refractivity (Wildman–Crippen MR) is 91.7 cm³/mol. The van der Waals surface area contributed by atoms with Crippen LogP contribution in [0.25, 0.3) is 0 Å². The first kappa shape index (κ1) is 16.7. The van der Waals surface area contributed by atoms with E-state index < -0.39 is 12.1 Å². The molecule has 9 heteroatoms. The van der Waals surface area contributed by atoms with Crippen LogP contribution >= 0.6 is 0 Å². The van der Waals surface area contributed by atoms with E-state index in [1.807, 2.05) is 11.8 Å². The van der Waals surface area contributed by atoms with Crippen molar-refractivity contribution in [3.63, 3.8) is 0 Å². The van der Waals surface area contributed by atoms with E-state index in [0.29, 0.717) is 37.6 Å². The average Bonchev–Trinajstić information content (AvgIpc) is 3.49. The number of hydrogen-bond acceptors (Lipinski definition) is 6. The number of hydrogen-bond donors (Lipinski definition) is 0. The van der Waals surface area contributed by atoms with Gasteiger partial charge in [-0.2, -0.15) is 4.99 Å². The molecule has 2 amide bonds. The van der Waals surface area contributed by atoms with E-state index in [9.17, 15) is 14.0 Å². The van der Waals surface area contributed by atoms with Gasteiger partial charge in [0, 0.05) is 38.3 Å². The molecule has 0 radical (unpaired) electrons. The molecule has 8 nitrogen and oxygen atoms in total. The number of piperazine rings is 1. The minimum Gasteiger partial charge on any atom is -0.337 e. The van der Waals surface area contributed by atoms with E-state index in [1.54, 1.807) is 11.1 Å². The summed E-state index contributed by atoms with van der Waals surface area (Å²) in [6.45, 7) is 3.68. The zero-order valence-electron chi connectivity index (χ0n) is 14.4. The van der Waals surface area contributed by atoms with Gasteiger partial charge in [0.2, 0.25) is 12.1 Å². The van der Waals surface area contributed by atoms with Crippen LogP contribution in [0.3, 0.4) is 0 Å². The molecular formula is C17H19FN6O2. The van der Waals surface area contributed by atoms with Crippen LogP contribution < -0.4 is 0 Å². The fraction of sp³-hybridized carbons (Fsp3) is 0.529. The summed E-state index contributed by atoms with van der Waals surface area (Å²) in [5.74, 6) is -0.606. The van der Waals surface area contributed by atoms with Crippen LogP contribution in [0.1, 0.15) is 29.0 Å². The first-order valence-electron chi connectivity index (χ1n) is 8.71. The van der Waals surface area contributed by atoms with Gasteiger partial charge in [-0.25, -0.2) is 14.4 Å². The molecule has 2 aliphatic heterocycles. The third-order valence-electron chi connectivity index (χ3n) is 4.76. The lowest BCUT2D eigenvalue weighted by Gasteiger charge is -2.35. The number of rotatable bonds is 2. The van der Waals surface area contributed by atoms with Gasteiger partial charge in [0.25, 0.3) is 11.8 Å². The number of aromatic nitrogens is 2. The Balaban J connectivity index is 1.42. The Morgan fingerprint density at radius 3 is 2.46 bits per heavy atom. The molecule has 0 aromatic carbocycles. The first-order valence-corrected chi connectivity index (χ1v) is 8.71.